The molecule has 0 spiro atoms. The van der Waals surface area contributed by atoms with E-state index < -0.39 is 0 Å². The fraction of sp³-hybridized carbons (Fsp3) is 0.625. The lowest BCUT2D eigenvalue weighted by molar-refractivity contribution is -0.122. The number of benzene rings is 1. The van der Waals surface area contributed by atoms with Crippen LogP contribution in [0.25, 0.3) is 0 Å². The van der Waals surface area contributed by atoms with Gasteiger partial charge >= 0.3 is 0 Å². The van der Waals surface area contributed by atoms with Crippen LogP contribution in [0.1, 0.15) is 62.5 Å². The average Bonchev–Trinajstić information content (AvgIpc) is 3.43. The maximum Gasteiger partial charge on any atom is 0.220 e. The van der Waals surface area contributed by atoms with Gasteiger partial charge in [-0.05, 0) is 44.6 Å². The average molecular weight is 410 g/mol. The maximum absolute atomic E-state index is 12.3. The molecule has 30 heavy (non-hydrogen) atoms. The lowest BCUT2D eigenvalue weighted by atomic mass is 9.77. The maximum atomic E-state index is 12.3. The minimum absolute atomic E-state index is 0.167. The van der Waals surface area contributed by atoms with Gasteiger partial charge in [0.15, 0.2) is 0 Å². The number of amides is 1. The molecular weight excluding hydrogens is 374 g/mol. The molecule has 2 fully saturated rings. The van der Waals surface area contributed by atoms with Gasteiger partial charge in [-0.15, -0.1) is 0 Å². The number of likely N-dealkylation sites (tertiary alicyclic amines) is 1. The molecule has 1 aliphatic heterocycles. The van der Waals surface area contributed by atoms with Gasteiger partial charge in [0.05, 0.1) is 0 Å². The fourth-order valence-electron chi connectivity index (χ4n) is 5.21. The van der Waals surface area contributed by atoms with Crippen LogP contribution in [0.5, 0.6) is 0 Å². The Balaban J connectivity index is 1.22. The largest absolute Gasteiger partial charge is 0.353 e. The van der Waals surface area contributed by atoms with Crippen molar-refractivity contribution in [1.29, 1.82) is 0 Å². The van der Waals surface area contributed by atoms with Gasteiger partial charge in [-0.1, -0.05) is 42.7 Å². The Morgan fingerprint density at radius 1 is 1.17 bits per heavy atom. The van der Waals surface area contributed by atoms with Crippen LogP contribution in [0.2, 0.25) is 0 Å². The Bertz CT molecular complexity index is 788. The van der Waals surface area contributed by atoms with Crippen molar-refractivity contribution in [3.05, 3.63) is 48.0 Å². The number of aromatic nitrogens is 3. The summed E-state index contributed by atoms with van der Waals surface area (Å²) in [6.07, 6.45) is 12.0. The number of hydrogen-bond donors (Lipinski definition) is 1. The molecule has 6 heteroatoms. The molecule has 0 radical (unpaired) electrons. The molecule has 1 saturated heterocycles. The van der Waals surface area contributed by atoms with E-state index in [1.54, 1.807) is 11.0 Å². The highest BCUT2D eigenvalue weighted by atomic mass is 16.1. The minimum Gasteiger partial charge on any atom is -0.353 e. The number of nitrogens with zero attached hydrogens (tertiary/aromatic N) is 4. The molecule has 1 aromatic heterocycles. The van der Waals surface area contributed by atoms with Gasteiger partial charge in [-0.3, -0.25) is 9.48 Å². The first-order valence-electron chi connectivity index (χ1n) is 11.5. The van der Waals surface area contributed by atoms with E-state index in [0.717, 1.165) is 45.4 Å². The van der Waals surface area contributed by atoms with Crippen LogP contribution in [0.15, 0.2) is 36.9 Å². The number of piperidine rings is 1. The summed E-state index contributed by atoms with van der Waals surface area (Å²) in [6, 6.07) is 9.55. The zero-order chi connectivity index (χ0) is 20.8. The van der Waals surface area contributed by atoms with Crippen molar-refractivity contribution in [1.82, 2.24) is 25.0 Å². The summed E-state index contributed by atoms with van der Waals surface area (Å²) in [5, 5.41) is 7.33. The molecule has 1 aromatic carbocycles. The number of carbonyl (C=O) groups excluding carboxylic acids is 1. The second kappa shape index (κ2) is 9.73. The van der Waals surface area contributed by atoms with Crippen molar-refractivity contribution in [2.75, 3.05) is 19.6 Å². The zero-order valence-electron chi connectivity index (χ0n) is 18.2. The first-order valence-corrected chi connectivity index (χ1v) is 11.5. The highest BCUT2D eigenvalue weighted by Crippen LogP contribution is 2.42. The summed E-state index contributed by atoms with van der Waals surface area (Å²) in [5.74, 6) is 0.167. The number of aryl methyl sites for hydroxylation is 2. The standard InChI is InChI=1S/C24H35N5O/c1-20-6-8-21(9-7-20)24(12-2-3-13-24)17-28-15-10-22(11-16-28)27-23(30)5-4-14-29-19-25-18-26-29/h6-9,18-19,22H,2-5,10-17H2,1H3,(H,27,30). The molecule has 2 aromatic rings. The Morgan fingerprint density at radius 2 is 1.90 bits per heavy atom. The molecule has 0 unspecified atom stereocenters. The number of nitrogens with one attached hydrogen (secondary N) is 1. The summed E-state index contributed by atoms with van der Waals surface area (Å²) < 4.78 is 1.78. The van der Waals surface area contributed by atoms with Gasteiger partial charge < -0.3 is 10.2 Å². The highest BCUT2D eigenvalue weighted by molar-refractivity contribution is 5.76. The van der Waals surface area contributed by atoms with E-state index in [2.05, 4.69) is 51.5 Å². The quantitative estimate of drug-likeness (QED) is 0.725. The molecule has 0 atom stereocenters. The minimum atomic E-state index is 0.167. The summed E-state index contributed by atoms with van der Waals surface area (Å²) >= 11 is 0. The van der Waals surface area contributed by atoms with Crippen LogP contribution in [0.4, 0.5) is 0 Å². The monoisotopic (exact) mass is 409 g/mol. The lowest BCUT2D eigenvalue weighted by Gasteiger charge is -2.39. The number of hydrogen-bond acceptors (Lipinski definition) is 4. The van der Waals surface area contributed by atoms with Crippen LogP contribution in [0, 0.1) is 6.92 Å². The molecule has 4 rings (SSSR count). The first-order chi connectivity index (χ1) is 14.6. The third-order valence-corrected chi connectivity index (χ3v) is 6.96. The van der Waals surface area contributed by atoms with Gasteiger partial charge in [0.1, 0.15) is 12.7 Å². The summed E-state index contributed by atoms with van der Waals surface area (Å²) in [6.45, 7) is 6.23. The van der Waals surface area contributed by atoms with E-state index >= 15 is 0 Å². The third kappa shape index (κ3) is 5.28. The van der Waals surface area contributed by atoms with Crippen LogP contribution >= 0.6 is 0 Å². The Kier molecular flexibility index (Phi) is 6.82. The molecular formula is C24H35N5O. The van der Waals surface area contributed by atoms with Crippen molar-refractivity contribution in [3.63, 3.8) is 0 Å². The van der Waals surface area contributed by atoms with Gasteiger partial charge in [-0.25, -0.2) is 4.98 Å². The van der Waals surface area contributed by atoms with Gasteiger partial charge in [-0.2, -0.15) is 5.10 Å². The van der Waals surface area contributed by atoms with Gasteiger partial charge in [0, 0.05) is 44.1 Å². The smallest absolute Gasteiger partial charge is 0.220 e. The van der Waals surface area contributed by atoms with Crippen molar-refractivity contribution in [3.8, 4) is 0 Å². The summed E-state index contributed by atoms with van der Waals surface area (Å²) in [5.41, 5.74) is 3.18. The third-order valence-electron chi connectivity index (χ3n) is 6.96. The predicted molar refractivity (Wildman–Crippen MR) is 118 cm³/mol. The van der Waals surface area contributed by atoms with Gasteiger partial charge in [0.25, 0.3) is 0 Å². The van der Waals surface area contributed by atoms with Crippen molar-refractivity contribution in [2.45, 2.75) is 76.3 Å². The predicted octanol–water partition coefficient (Wildman–Crippen LogP) is 3.46. The van der Waals surface area contributed by atoms with E-state index in [9.17, 15) is 4.79 Å². The fourth-order valence-corrected chi connectivity index (χ4v) is 5.21. The molecule has 1 saturated carbocycles. The SMILES string of the molecule is Cc1ccc(C2(CN3CCC(NC(=O)CCCn4cncn4)CC3)CCCC2)cc1. The van der Waals surface area contributed by atoms with E-state index in [4.69, 9.17) is 0 Å². The Hall–Kier alpha value is -2.21. The molecule has 6 nitrogen and oxygen atoms in total. The van der Waals surface area contributed by atoms with Crippen LogP contribution in [-0.4, -0.2) is 51.2 Å². The molecule has 1 aliphatic carbocycles. The molecule has 2 aliphatic rings. The van der Waals surface area contributed by atoms with Crippen LogP contribution in [-0.2, 0) is 16.8 Å². The number of rotatable bonds is 8. The highest BCUT2D eigenvalue weighted by Gasteiger charge is 2.37. The van der Waals surface area contributed by atoms with E-state index in [-0.39, 0.29) is 5.91 Å². The summed E-state index contributed by atoms with van der Waals surface area (Å²) in [4.78, 5) is 18.9. The second-order valence-electron chi connectivity index (χ2n) is 9.23. The molecule has 162 valence electrons. The van der Waals surface area contributed by atoms with Crippen molar-refractivity contribution < 1.29 is 4.79 Å². The van der Waals surface area contributed by atoms with E-state index in [1.807, 2.05) is 0 Å². The molecule has 1 N–H and O–H groups in total. The van der Waals surface area contributed by atoms with Gasteiger partial charge in [0.2, 0.25) is 5.91 Å². The van der Waals surface area contributed by atoms with E-state index in [1.165, 1.54) is 43.1 Å². The molecule has 0 bridgehead atoms. The van der Waals surface area contributed by atoms with Crippen molar-refractivity contribution >= 4 is 5.91 Å². The van der Waals surface area contributed by atoms with E-state index in [0.29, 0.717) is 17.9 Å². The molecule has 1 amide bonds. The second-order valence-corrected chi connectivity index (χ2v) is 9.23. The Morgan fingerprint density at radius 3 is 2.57 bits per heavy atom. The Labute approximate surface area is 180 Å². The lowest BCUT2D eigenvalue weighted by Crippen LogP contribution is -2.48. The first kappa shape index (κ1) is 21.0. The zero-order valence-corrected chi connectivity index (χ0v) is 18.2. The topological polar surface area (TPSA) is 63.1 Å². The molecule has 2 heterocycles. The normalized spacial score (nSPS) is 19.8. The van der Waals surface area contributed by atoms with Crippen LogP contribution < -0.4 is 5.32 Å². The number of carbonyl (C=O) groups is 1. The van der Waals surface area contributed by atoms with Crippen molar-refractivity contribution in [2.24, 2.45) is 0 Å². The van der Waals surface area contributed by atoms with Crippen LogP contribution in [0.3, 0.4) is 0 Å². The summed E-state index contributed by atoms with van der Waals surface area (Å²) in [7, 11) is 0.